The van der Waals surface area contributed by atoms with Crippen LogP contribution in [0.1, 0.15) is 54.9 Å². The van der Waals surface area contributed by atoms with Gasteiger partial charge in [-0.15, -0.1) is 0 Å². The van der Waals surface area contributed by atoms with Gasteiger partial charge in [0.05, 0.1) is 11.3 Å². The summed E-state index contributed by atoms with van der Waals surface area (Å²) in [5, 5.41) is 5.95. The summed E-state index contributed by atoms with van der Waals surface area (Å²) in [5.74, 6) is -0.938. The topological polar surface area (TPSA) is 58.2 Å². The third-order valence-corrected chi connectivity index (χ3v) is 3.60. The van der Waals surface area contributed by atoms with Crippen LogP contribution in [-0.2, 0) is 11.3 Å². The SMILES string of the molecule is CCCCCCCNCc1cccc2c1C(=O)C(=O)N2. The number of rotatable bonds is 8. The Balaban J connectivity index is 1.82. The molecular weight excluding hydrogens is 252 g/mol. The Bertz CT molecular complexity index is 497. The number of amides is 1. The van der Waals surface area contributed by atoms with Crippen molar-refractivity contribution in [2.75, 3.05) is 11.9 Å². The first-order chi connectivity index (χ1) is 9.74. The van der Waals surface area contributed by atoms with Gasteiger partial charge >= 0.3 is 0 Å². The van der Waals surface area contributed by atoms with Crippen molar-refractivity contribution in [3.8, 4) is 0 Å². The molecule has 0 aliphatic carbocycles. The Morgan fingerprint density at radius 2 is 1.90 bits per heavy atom. The highest BCUT2D eigenvalue weighted by molar-refractivity contribution is 6.52. The molecule has 4 nitrogen and oxygen atoms in total. The molecule has 1 aliphatic rings. The van der Waals surface area contributed by atoms with Crippen LogP contribution in [0.3, 0.4) is 0 Å². The molecule has 0 unspecified atom stereocenters. The average molecular weight is 274 g/mol. The van der Waals surface area contributed by atoms with Crippen molar-refractivity contribution in [3.63, 3.8) is 0 Å². The van der Waals surface area contributed by atoms with E-state index in [4.69, 9.17) is 0 Å². The van der Waals surface area contributed by atoms with Gasteiger partial charge in [-0.2, -0.15) is 0 Å². The van der Waals surface area contributed by atoms with Crippen LogP contribution in [0.15, 0.2) is 18.2 Å². The van der Waals surface area contributed by atoms with Gasteiger partial charge < -0.3 is 10.6 Å². The van der Waals surface area contributed by atoms with Crippen molar-refractivity contribution in [1.82, 2.24) is 5.32 Å². The molecule has 1 amide bonds. The van der Waals surface area contributed by atoms with Crippen molar-refractivity contribution in [2.45, 2.75) is 45.6 Å². The fraction of sp³-hybridized carbons (Fsp3) is 0.500. The maximum Gasteiger partial charge on any atom is 0.296 e. The average Bonchev–Trinajstić information content (AvgIpc) is 2.74. The van der Waals surface area contributed by atoms with Crippen LogP contribution in [0.2, 0.25) is 0 Å². The Labute approximate surface area is 119 Å². The first kappa shape index (κ1) is 14.7. The Morgan fingerprint density at radius 3 is 2.70 bits per heavy atom. The molecule has 0 atom stereocenters. The quantitative estimate of drug-likeness (QED) is 0.566. The van der Waals surface area contributed by atoms with Crippen LogP contribution < -0.4 is 10.6 Å². The van der Waals surface area contributed by atoms with Gasteiger partial charge in [-0.1, -0.05) is 44.7 Å². The summed E-state index contributed by atoms with van der Waals surface area (Å²) in [6, 6.07) is 5.55. The standard InChI is InChI=1S/C16H22N2O2/c1-2-3-4-5-6-10-17-11-12-8-7-9-13-14(12)15(19)16(20)18-13/h7-9,17H,2-6,10-11H2,1H3,(H,18,19,20). The van der Waals surface area contributed by atoms with Crippen LogP contribution >= 0.6 is 0 Å². The van der Waals surface area contributed by atoms with Crippen molar-refractivity contribution >= 4 is 17.4 Å². The summed E-state index contributed by atoms with van der Waals surface area (Å²) in [5.41, 5.74) is 2.08. The lowest BCUT2D eigenvalue weighted by Crippen LogP contribution is -2.17. The number of benzene rings is 1. The number of hydrogen-bond donors (Lipinski definition) is 2. The molecule has 1 aliphatic heterocycles. The van der Waals surface area contributed by atoms with E-state index in [-0.39, 0.29) is 0 Å². The second-order valence-corrected chi connectivity index (χ2v) is 5.21. The molecule has 1 heterocycles. The molecule has 0 bridgehead atoms. The van der Waals surface area contributed by atoms with Crippen LogP contribution in [0.5, 0.6) is 0 Å². The van der Waals surface area contributed by atoms with Gasteiger partial charge in [0.25, 0.3) is 11.7 Å². The highest BCUT2D eigenvalue weighted by atomic mass is 16.2. The van der Waals surface area contributed by atoms with Crippen molar-refractivity contribution < 1.29 is 9.59 Å². The summed E-state index contributed by atoms with van der Waals surface area (Å²) in [6.07, 6.45) is 6.24. The Kier molecular flexibility index (Phi) is 5.30. The number of unbranched alkanes of at least 4 members (excludes halogenated alkanes) is 4. The molecule has 2 N–H and O–H groups in total. The first-order valence-corrected chi connectivity index (χ1v) is 7.42. The molecule has 0 saturated heterocycles. The van der Waals surface area contributed by atoms with E-state index in [9.17, 15) is 9.59 Å². The molecule has 1 aromatic rings. The largest absolute Gasteiger partial charge is 0.318 e. The number of carbonyl (C=O) groups is 2. The van der Waals surface area contributed by atoms with Gasteiger partial charge in [0.15, 0.2) is 0 Å². The smallest absolute Gasteiger partial charge is 0.296 e. The maximum absolute atomic E-state index is 11.8. The van der Waals surface area contributed by atoms with Crippen LogP contribution in [0.4, 0.5) is 5.69 Å². The Morgan fingerprint density at radius 1 is 1.10 bits per heavy atom. The zero-order valence-electron chi connectivity index (χ0n) is 12.0. The molecular formula is C16H22N2O2. The number of hydrogen-bond acceptors (Lipinski definition) is 3. The number of ketones is 1. The molecule has 0 spiro atoms. The number of Topliss-reactive ketones (excluding diaryl/α,β-unsaturated/α-hetero) is 1. The summed E-state index contributed by atoms with van der Waals surface area (Å²) in [6.45, 7) is 3.79. The maximum atomic E-state index is 11.8. The fourth-order valence-electron chi connectivity index (χ4n) is 2.49. The van der Waals surface area contributed by atoms with E-state index in [2.05, 4.69) is 17.6 Å². The van der Waals surface area contributed by atoms with E-state index in [1.54, 1.807) is 6.07 Å². The molecule has 108 valence electrons. The van der Waals surface area contributed by atoms with E-state index < -0.39 is 11.7 Å². The van der Waals surface area contributed by atoms with Crippen molar-refractivity contribution in [2.24, 2.45) is 0 Å². The van der Waals surface area contributed by atoms with E-state index in [0.717, 1.165) is 18.5 Å². The van der Waals surface area contributed by atoms with Crippen molar-refractivity contribution in [1.29, 1.82) is 0 Å². The minimum absolute atomic E-state index is 0.416. The summed E-state index contributed by atoms with van der Waals surface area (Å²) < 4.78 is 0. The minimum Gasteiger partial charge on any atom is -0.318 e. The second kappa shape index (κ2) is 7.20. The lowest BCUT2D eigenvalue weighted by molar-refractivity contribution is -0.112. The number of fused-ring (bicyclic) bond motifs is 1. The molecule has 20 heavy (non-hydrogen) atoms. The van der Waals surface area contributed by atoms with E-state index in [0.29, 0.717) is 17.8 Å². The lowest BCUT2D eigenvalue weighted by Gasteiger charge is -2.08. The third kappa shape index (κ3) is 3.45. The van der Waals surface area contributed by atoms with Gasteiger partial charge in [0.2, 0.25) is 0 Å². The van der Waals surface area contributed by atoms with Crippen LogP contribution in [0, 0.1) is 0 Å². The summed E-state index contributed by atoms with van der Waals surface area (Å²) in [4.78, 5) is 23.2. The van der Waals surface area contributed by atoms with Gasteiger partial charge in [-0.05, 0) is 24.6 Å². The highest BCUT2D eigenvalue weighted by Crippen LogP contribution is 2.26. The molecule has 1 aromatic carbocycles. The van der Waals surface area contributed by atoms with Crippen molar-refractivity contribution in [3.05, 3.63) is 29.3 Å². The number of anilines is 1. The Hall–Kier alpha value is -1.68. The second-order valence-electron chi connectivity index (χ2n) is 5.21. The zero-order chi connectivity index (χ0) is 14.4. The van der Waals surface area contributed by atoms with Gasteiger partial charge in [0.1, 0.15) is 0 Å². The molecule has 2 rings (SSSR count). The van der Waals surface area contributed by atoms with Crippen LogP contribution in [0.25, 0.3) is 0 Å². The van der Waals surface area contributed by atoms with E-state index in [1.807, 2.05) is 12.1 Å². The third-order valence-electron chi connectivity index (χ3n) is 3.60. The molecule has 0 radical (unpaired) electrons. The number of carbonyl (C=O) groups excluding carboxylic acids is 2. The molecule has 0 fully saturated rings. The fourth-order valence-corrected chi connectivity index (χ4v) is 2.49. The first-order valence-electron chi connectivity index (χ1n) is 7.42. The van der Waals surface area contributed by atoms with E-state index in [1.165, 1.54) is 25.7 Å². The predicted octanol–water partition coefficient (Wildman–Crippen LogP) is 2.88. The normalized spacial score (nSPS) is 13.4. The lowest BCUT2D eigenvalue weighted by atomic mass is 10.0. The molecule has 0 saturated carbocycles. The zero-order valence-corrected chi connectivity index (χ0v) is 12.0. The van der Waals surface area contributed by atoms with Gasteiger partial charge in [0, 0.05) is 6.54 Å². The minimum atomic E-state index is -0.521. The highest BCUT2D eigenvalue weighted by Gasteiger charge is 2.29. The van der Waals surface area contributed by atoms with Crippen LogP contribution in [-0.4, -0.2) is 18.2 Å². The summed E-state index contributed by atoms with van der Waals surface area (Å²) in [7, 11) is 0. The predicted molar refractivity (Wildman–Crippen MR) is 79.9 cm³/mol. The summed E-state index contributed by atoms with van der Waals surface area (Å²) >= 11 is 0. The van der Waals surface area contributed by atoms with Gasteiger partial charge in [-0.25, -0.2) is 0 Å². The molecule has 4 heteroatoms. The number of nitrogens with one attached hydrogen (secondary N) is 2. The van der Waals surface area contributed by atoms with Gasteiger partial charge in [-0.3, -0.25) is 9.59 Å². The molecule has 0 aromatic heterocycles. The monoisotopic (exact) mass is 274 g/mol. The van der Waals surface area contributed by atoms with E-state index >= 15 is 0 Å².